The minimum Gasteiger partial charge on any atom is -0.377 e. The summed E-state index contributed by atoms with van der Waals surface area (Å²) in [6.07, 6.45) is 1.54. The van der Waals surface area contributed by atoms with Crippen LogP contribution in [-0.2, 0) is 11.3 Å². The van der Waals surface area contributed by atoms with E-state index < -0.39 is 0 Å². The number of anilines is 1. The first-order chi connectivity index (χ1) is 7.79. The van der Waals surface area contributed by atoms with E-state index in [-0.39, 0.29) is 18.2 Å². The Morgan fingerprint density at radius 3 is 3.25 bits per heavy atom. The molecule has 0 radical (unpaired) electrons. The number of rotatable bonds is 4. The molecular weight excluding hydrogens is 212 g/mol. The molecule has 0 aliphatic heterocycles. The molecule has 0 saturated heterocycles. The van der Waals surface area contributed by atoms with Crippen LogP contribution in [0, 0.1) is 0 Å². The average Bonchev–Trinajstić information content (AvgIpc) is 2.89. The SMILES string of the molecule is COCc1cc(C(=O)Nc2ccn[nH]2)no1. The Hall–Kier alpha value is -2.15. The molecule has 2 N–H and O–H groups in total. The third-order valence-corrected chi connectivity index (χ3v) is 1.83. The molecule has 7 nitrogen and oxygen atoms in total. The summed E-state index contributed by atoms with van der Waals surface area (Å²) in [6, 6.07) is 3.16. The number of aromatic nitrogens is 3. The fraction of sp³-hybridized carbons (Fsp3) is 0.222. The van der Waals surface area contributed by atoms with Crippen LogP contribution in [0.3, 0.4) is 0 Å². The Morgan fingerprint density at radius 2 is 2.56 bits per heavy atom. The molecule has 2 rings (SSSR count). The van der Waals surface area contributed by atoms with Crippen LogP contribution in [0.1, 0.15) is 16.2 Å². The molecule has 0 unspecified atom stereocenters. The van der Waals surface area contributed by atoms with Crippen LogP contribution in [0.4, 0.5) is 5.82 Å². The van der Waals surface area contributed by atoms with E-state index in [4.69, 9.17) is 9.26 Å². The maximum atomic E-state index is 11.6. The Labute approximate surface area is 90.8 Å². The van der Waals surface area contributed by atoms with Crippen molar-refractivity contribution in [1.29, 1.82) is 0 Å². The van der Waals surface area contributed by atoms with Crippen molar-refractivity contribution in [1.82, 2.24) is 15.4 Å². The van der Waals surface area contributed by atoms with Crippen molar-refractivity contribution in [2.75, 3.05) is 12.4 Å². The van der Waals surface area contributed by atoms with Gasteiger partial charge in [-0.2, -0.15) is 5.10 Å². The molecular formula is C9H10N4O3. The van der Waals surface area contributed by atoms with Gasteiger partial charge in [-0.25, -0.2) is 0 Å². The molecule has 16 heavy (non-hydrogen) atoms. The standard InChI is InChI=1S/C9H10N4O3/c1-15-5-6-4-7(13-16-6)9(14)11-8-2-3-10-12-8/h2-4H,5H2,1H3,(H2,10,11,12,14). The highest BCUT2D eigenvalue weighted by Crippen LogP contribution is 2.07. The molecule has 0 atom stereocenters. The number of hydrogen-bond acceptors (Lipinski definition) is 5. The number of nitrogens with zero attached hydrogens (tertiary/aromatic N) is 2. The van der Waals surface area contributed by atoms with Gasteiger partial charge in [-0.3, -0.25) is 9.89 Å². The Balaban J connectivity index is 2.03. The third-order valence-electron chi connectivity index (χ3n) is 1.83. The highest BCUT2D eigenvalue weighted by atomic mass is 16.5. The van der Waals surface area contributed by atoms with Crippen molar-refractivity contribution < 1.29 is 14.1 Å². The normalized spacial score (nSPS) is 10.3. The number of carbonyl (C=O) groups is 1. The molecule has 0 spiro atoms. The number of methoxy groups -OCH3 is 1. The lowest BCUT2D eigenvalue weighted by molar-refractivity contribution is 0.101. The number of ether oxygens (including phenoxy) is 1. The zero-order valence-corrected chi connectivity index (χ0v) is 8.56. The van der Waals surface area contributed by atoms with Gasteiger partial charge in [-0.1, -0.05) is 5.16 Å². The molecule has 84 valence electrons. The van der Waals surface area contributed by atoms with Gasteiger partial charge in [0, 0.05) is 19.2 Å². The highest BCUT2D eigenvalue weighted by molar-refractivity contribution is 6.02. The Morgan fingerprint density at radius 1 is 1.69 bits per heavy atom. The van der Waals surface area contributed by atoms with E-state index in [1.54, 1.807) is 6.07 Å². The van der Waals surface area contributed by atoms with Crippen LogP contribution in [0.15, 0.2) is 22.9 Å². The lowest BCUT2D eigenvalue weighted by Crippen LogP contribution is -2.12. The van der Waals surface area contributed by atoms with Crippen molar-refractivity contribution in [2.45, 2.75) is 6.61 Å². The van der Waals surface area contributed by atoms with Crippen LogP contribution in [0.5, 0.6) is 0 Å². The fourth-order valence-corrected chi connectivity index (χ4v) is 1.14. The van der Waals surface area contributed by atoms with Crippen molar-refractivity contribution in [3.05, 3.63) is 29.8 Å². The maximum Gasteiger partial charge on any atom is 0.278 e. The zero-order chi connectivity index (χ0) is 11.4. The highest BCUT2D eigenvalue weighted by Gasteiger charge is 2.12. The van der Waals surface area contributed by atoms with Gasteiger partial charge in [0.05, 0.1) is 6.20 Å². The largest absolute Gasteiger partial charge is 0.377 e. The van der Waals surface area contributed by atoms with Crippen molar-refractivity contribution in [2.24, 2.45) is 0 Å². The van der Waals surface area contributed by atoms with Gasteiger partial charge in [0.25, 0.3) is 5.91 Å². The molecule has 1 amide bonds. The topological polar surface area (TPSA) is 93.0 Å². The number of hydrogen-bond donors (Lipinski definition) is 2. The molecule has 7 heteroatoms. The second kappa shape index (κ2) is 4.58. The van der Waals surface area contributed by atoms with E-state index in [1.165, 1.54) is 19.4 Å². The number of nitrogens with one attached hydrogen (secondary N) is 2. The van der Waals surface area contributed by atoms with Crippen LogP contribution in [-0.4, -0.2) is 28.4 Å². The summed E-state index contributed by atoms with van der Waals surface area (Å²) >= 11 is 0. The van der Waals surface area contributed by atoms with E-state index in [0.29, 0.717) is 11.6 Å². The smallest absolute Gasteiger partial charge is 0.278 e. The molecule has 0 saturated carbocycles. The van der Waals surface area contributed by atoms with Crippen LogP contribution in [0.25, 0.3) is 0 Å². The number of aromatic amines is 1. The van der Waals surface area contributed by atoms with Crippen LogP contribution < -0.4 is 5.32 Å². The number of amides is 1. The molecule has 0 aliphatic rings. The van der Waals surface area contributed by atoms with Gasteiger partial charge in [0.15, 0.2) is 11.5 Å². The molecule has 2 aromatic heterocycles. The van der Waals surface area contributed by atoms with Gasteiger partial charge in [-0.05, 0) is 0 Å². The monoisotopic (exact) mass is 222 g/mol. The molecule has 2 aromatic rings. The predicted octanol–water partition coefficient (Wildman–Crippen LogP) is 0.796. The van der Waals surface area contributed by atoms with Crippen LogP contribution in [0.2, 0.25) is 0 Å². The summed E-state index contributed by atoms with van der Waals surface area (Å²) in [5.74, 6) is 0.633. The lowest BCUT2D eigenvalue weighted by atomic mass is 10.3. The molecule has 0 fully saturated rings. The summed E-state index contributed by atoms with van der Waals surface area (Å²) < 4.78 is 9.73. The van der Waals surface area contributed by atoms with E-state index in [0.717, 1.165) is 0 Å². The van der Waals surface area contributed by atoms with E-state index in [9.17, 15) is 4.79 Å². The maximum absolute atomic E-state index is 11.6. The summed E-state index contributed by atoms with van der Waals surface area (Å²) in [4.78, 5) is 11.6. The van der Waals surface area contributed by atoms with E-state index >= 15 is 0 Å². The second-order valence-corrected chi connectivity index (χ2v) is 3.04. The summed E-state index contributed by atoms with van der Waals surface area (Å²) in [7, 11) is 1.53. The molecule has 0 aliphatic carbocycles. The van der Waals surface area contributed by atoms with Crippen molar-refractivity contribution >= 4 is 11.7 Å². The zero-order valence-electron chi connectivity index (χ0n) is 8.56. The second-order valence-electron chi connectivity index (χ2n) is 3.04. The van der Waals surface area contributed by atoms with Crippen molar-refractivity contribution in [3.8, 4) is 0 Å². The van der Waals surface area contributed by atoms with Gasteiger partial charge >= 0.3 is 0 Å². The minimum atomic E-state index is -0.365. The lowest BCUT2D eigenvalue weighted by Gasteiger charge is -1.96. The molecule has 2 heterocycles. The first-order valence-corrected chi connectivity index (χ1v) is 4.55. The number of H-pyrrole nitrogens is 1. The van der Waals surface area contributed by atoms with Gasteiger partial charge in [0.2, 0.25) is 0 Å². The Bertz CT molecular complexity index is 463. The summed E-state index contributed by atoms with van der Waals surface area (Å²) in [6.45, 7) is 0.282. The molecule has 0 aromatic carbocycles. The summed E-state index contributed by atoms with van der Waals surface area (Å²) in [5, 5.41) is 12.5. The minimum absolute atomic E-state index is 0.196. The van der Waals surface area contributed by atoms with Crippen molar-refractivity contribution in [3.63, 3.8) is 0 Å². The first-order valence-electron chi connectivity index (χ1n) is 4.55. The first kappa shape index (κ1) is 10.4. The van der Waals surface area contributed by atoms with Crippen LogP contribution >= 0.6 is 0 Å². The fourth-order valence-electron chi connectivity index (χ4n) is 1.14. The quantitative estimate of drug-likeness (QED) is 0.797. The Kier molecular flexibility index (Phi) is 2.97. The predicted molar refractivity (Wildman–Crippen MR) is 53.8 cm³/mol. The molecule has 0 bridgehead atoms. The van der Waals surface area contributed by atoms with Gasteiger partial charge in [-0.15, -0.1) is 0 Å². The van der Waals surface area contributed by atoms with E-state index in [2.05, 4.69) is 20.7 Å². The summed E-state index contributed by atoms with van der Waals surface area (Å²) in [5.41, 5.74) is 0.196. The van der Waals surface area contributed by atoms with E-state index in [1.807, 2.05) is 0 Å². The number of carbonyl (C=O) groups excluding carboxylic acids is 1. The van der Waals surface area contributed by atoms with Gasteiger partial charge in [0.1, 0.15) is 12.4 Å². The van der Waals surface area contributed by atoms with Gasteiger partial charge < -0.3 is 14.6 Å². The average molecular weight is 222 g/mol. The third kappa shape index (κ3) is 2.26.